The van der Waals surface area contributed by atoms with Crippen molar-refractivity contribution in [1.82, 2.24) is 14.9 Å². The fourth-order valence-electron chi connectivity index (χ4n) is 3.19. The molecule has 0 atom stereocenters. The SMILES string of the molecule is COC(=O)c1cc([C-]2CCN(C(=O)OC(C)(C)C)CC2)c(-c2[c-]cncc2)[nH]1.[U+2]. The summed E-state index contributed by atoms with van der Waals surface area (Å²) >= 11 is 0. The summed E-state index contributed by atoms with van der Waals surface area (Å²) < 4.78 is 10.3. The van der Waals surface area contributed by atoms with Gasteiger partial charge in [-0.2, -0.15) is 23.1 Å². The Bertz CT molecular complexity index is 837. The van der Waals surface area contributed by atoms with E-state index >= 15 is 0 Å². The Morgan fingerprint density at radius 3 is 2.52 bits per heavy atom. The summed E-state index contributed by atoms with van der Waals surface area (Å²) in [6, 6.07) is 6.75. The van der Waals surface area contributed by atoms with E-state index in [-0.39, 0.29) is 37.2 Å². The second kappa shape index (κ2) is 9.73. The van der Waals surface area contributed by atoms with Crippen molar-refractivity contribution >= 4 is 12.1 Å². The van der Waals surface area contributed by atoms with Crippen molar-refractivity contribution in [1.29, 1.82) is 0 Å². The molecular formula is C21H25N3O4U. The first-order valence-electron chi connectivity index (χ1n) is 9.25. The molecule has 1 fully saturated rings. The van der Waals surface area contributed by atoms with Crippen molar-refractivity contribution in [3.05, 3.63) is 47.8 Å². The van der Waals surface area contributed by atoms with Gasteiger partial charge in [-0.1, -0.05) is 18.5 Å². The maximum atomic E-state index is 12.3. The number of carbonyl (C=O) groups is 2. The van der Waals surface area contributed by atoms with Gasteiger partial charge in [0.05, 0.1) is 12.8 Å². The number of likely N-dealkylation sites (tertiary alicyclic amines) is 1. The first-order chi connectivity index (χ1) is 13.3. The number of carbonyl (C=O) groups excluding carboxylic acids is 2. The van der Waals surface area contributed by atoms with Crippen molar-refractivity contribution < 1.29 is 50.2 Å². The number of pyridine rings is 1. The summed E-state index contributed by atoms with van der Waals surface area (Å²) in [6.45, 7) is 6.72. The van der Waals surface area contributed by atoms with Crippen molar-refractivity contribution in [3.8, 4) is 11.3 Å². The van der Waals surface area contributed by atoms with Crippen LogP contribution >= 0.6 is 0 Å². The second-order valence-corrected chi connectivity index (χ2v) is 7.69. The number of methoxy groups -OCH3 is 1. The molecule has 1 aliphatic heterocycles. The number of nitrogens with one attached hydrogen (secondary N) is 1. The molecular weight excluding hydrogens is 596 g/mol. The van der Waals surface area contributed by atoms with Gasteiger partial charge in [0.25, 0.3) is 0 Å². The smallest absolute Gasteiger partial charge is 0.465 e. The van der Waals surface area contributed by atoms with Crippen molar-refractivity contribution in [2.45, 2.75) is 39.2 Å². The largest absolute Gasteiger partial charge is 2.00 e. The molecule has 3 rings (SSSR count). The van der Waals surface area contributed by atoms with Crippen LogP contribution in [0.1, 0.15) is 49.7 Å². The molecule has 3 heterocycles. The molecule has 1 N–H and O–H groups in total. The summed E-state index contributed by atoms with van der Waals surface area (Å²) in [5.74, 6) is 0.750. The molecule has 2 aromatic rings. The molecule has 7 nitrogen and oxygen atoms in total. The normalized spacial score (nSPS) is 14.2. The van der Waals surface area contributed by atoms with E-state index in [0.29, 0.717) is 31.6 Å². The quantitative estimate of drug-likeness (QED) is 0.419. The number of hydrogen-bond donors (Lipinski definition) is 1. The molecule has 1 aliphatic rings. The Morgan fingerprint density at radius 1 is 1.28 bits per heavy atom. The number of H-pyrrole nitrogens is 1. The first-order valence-corrected chi connectivity index (χ1v) is 9.25. The minimum atomic E-state index is -0.512. The van der Waals surface area contributed by atoms with Crippen molar-refractivity contribution in [2.75, 3.05) is 20.2 Å². The van der Waals surface area contributed by atoms with E-state index in [0.717, 1.165) is 16.8 Å². The van der Waals surface area contributed by atoms with Gasteiger partial charge >= 0.3 is 43.2 Å². The number of nitrogens with zero attached hydrogens (tertiary/aromatic N) is 2. The van der Waals surface area contributed by atoms with E-state index in [1.807, 2.05) is 32.9 Å². The van der Waals surface area contributed by atoms with Gasteiger partial charge in [0.15, 0.2) is 0 Å². The van der Waals surface area contributed by atoms with E-state index in [1.54, 1.807) is 17.3 Å². The van der Waals surface area contributed by atoms with E-state index in [1.165, 1.54) is 13.0 Å². The van der Waals surface area contributed by atoms with Gasteiger partial charge < -0.3 is 19.4 Å². The summed E-state index contributed by atoms with van der Waals surface area (Å²) in [5, 5.41) is 0. The third kappa shape index (κ3) is 5.80. The molecule has 0 bridgehead atoms. The maximum absolute atomic E-state index is 12.3. The van der Waals surface area contributed by atoms with Crippen LogP contribution in [0.25, 0.3) is 11.3 Å². The molecule has 0 unspecified atom stereocenters. The number of piperidine rings is 1. The van der Waals surface area contributed by atoms with Crippen LogP contribution in [0, 0.1) is 43.1 Å². The predicted molar refractivity (Wildman–Crippen MR) is 104 cm³/mol. The van der Waals surface area contributed by atoms with Crippen LogP contribution in [0.15, 0.2) is 24.5 Å². The van der Waals surface area contributed by atoms with Crippen LogP contribution in [-0.2, 0) is 9.47 Å². The van der Waals surface area contributed by atoms with Gasteiger partial charge in [-0.15, -0.1) is 12.1 Å². The molecule has 0 aliphatic carbocycles. The maximum Gasteiger partial charge on any atom is 2.00 e. The molecule has 1 amide bonds. The summed E-state index contributed by atoms with van der Waals surface area (Å²) in [7, 11) is 1.35. The van der Waals surface area contributed by atoms with Gasteiger partial charge in [0.2, 0.25) is 0 Å². The van der Waals surface area contributed by atoms with Gasteiger partial charge in [0, 0.05) is 13.1 Å². The van der Waals surface area contributed by atoms with Crippen LogP contribution < -0.4 is 0 Å². The number of aromatic nitrogens is 2. The Hall–Kier alpha value is -1.91. The fourth-order valence-corrected chi connectivity index (χ4v) is 3.19. The molecule has 2 aromatic heterocycles. The molecule has 0 spiro atoms. The molecule has 152 valence electrons. The number of amides is 1. The first kappa shape index (κ1) is 23.4. The van der Waals surface area contributed by atoms with Crippen LogP contribution in [-0.4, -0.2) is 52.7 Å². The standard InChI is InChI=1S/C21H25N3O4.U/c1-21(2,3)28-20(26)24-11-7-14(8-12-24)16-13-17(19(25)27-4)23-18(16)15-5-9-22-10-6-15;/h5,9-10,13,23H,7-8,11-12H2,1-4H3;/q-2;+2. The topological polar surface area (TPSA) is 84.5 Å². The van der Waals surface area contributed by atoms with Gasteiger partial charge in [-0.25, -0.2) is 9.59 Å². The van der Waals surface area contributed by atoms with E-state index in [9.17, 15) is 9.59 Å². The Morgan fingerprint density at radius 2 is 1.97 bits per heavy atom. The van der Waals surface area contributed by atoms with Crippen LogP contribution in [0.5, 0.6) is 0 Å². The van der Waals surface area contributed by atoms with E-state index < -0.39 is 11.6 Å². The zero-order valence-electron chi connectivity index (χ0n) is 17.2. The number of ether oxygens (including phenoxy) is 2. The van der Waals surface area contributed by atoms with Crippen LogP contribution in [0.4, 0.5) is 4.79 Å². The summed E-state index contributed by atoms with van der Waals surface area (Å²) in [6.07, 6.45) is 4.39. The number of hydrogen-bond acceptors (Lipinski definition) is 5. The molecule has 29 heavy (non-hydrogen) atoms. The molecule has 0 aromatic carbocycles. The number of rotatable bonds is 3. The van der Waals surface area contributed by atoms with Crippen molar-refractivity contribution in [2.24, 2.45) is 0 Å². The van der Waals surface area contributed by atoms with Crippen molar-refractivity contribution in [3.63, 3.8) is 0 Å². The molecule has 0 radical (unpaired) electrons. The van der Waals surface area contributed by atoms with Crippen LogP contribution in [0.3, 0.4) is 0 Å². The molecule has 8 heteroatoms. The molecule has 0 saturated carbocycles. The van der Waals surface area contributed by atoms with E-state index in [2.05, 4.69) is 16.0 Å². The third-order valence-corrected chi connectivity index (χ3v) is 4.51. The number of aromatic amines is 1. The van der Waals surface area contributed by atoms with Crippen LogP contribution in [0.2, 0.25) is 0 Å². The van der Waals surface area contributed by atoms with Gasteiger partial charge in [0.1, 0.15) is 5.60 Å². The zero-order chi connectivity index (χ0) is 20.3. The predicted octanol–water partition coefficient (Wildman–Crippen LogP) is 3.62. The molecule has 1 saturated heterocycles. The van der Waals surface area contributed by atoms with Gasteiger partial charge in [-0.05, 0) is 33.2 Å². The minimum absolute atomic E-state index is 0. The summed E-state index contributed by atoms with van der Waals surface area (Å²) in [4.78, 5) is 33.2. The zero-order valence-corrected chi connectivity index (χ0v) is 21.3. The second-order valence-electron chi connectivity index (χ2n) is 7.69. The Balaban J connectivity index is 0.00000300. The average molecular weight is 621 g/mol. The van der Waals surface area contributed by atoms with E-state index in [4.69, 9.17) is 9.47 Å². The minimum Gasteiger partial charge on any atom is -0.465 e. The third-order valence-electron chi connectivity index (χ3n) is 4.51. The summed E-state index contributed by atoms with van der Waals surface area (Å²) in [5.41, 5.74) is 2.46. The monoisotopic (exact) mass is 621 g/mol. The Labute approximate surface area is 194 Å². The Kier molecular flexibility index (Phi) is 7.84. The van der Waals surface area contributed by atoms with Gasteiger partial charge in [-0.3, -0.25) is 4.98 Å². The average Bonchev–Trinajstić information content (AvgIpc) is 3.12. The number of esters is 1. The fraction of sp³-hybridized carbons (Fsp3) is 0.429.